The molecule has 0 bridgehead atoms. The van der Waals surface area contributed by atoms with Crippen LogP contribution in [0.15, 0.2) is 36.0 Å². The van der Waals surface area contributed by atoms with Crippen LogP contribution in [0.1, 0.15) is 26.8 Å². The second kappa shape index (κ2) is 6.34. The van der Waals surface area contributed by atoms with Crippen LogP contribution < -0.4 is 0 Å². The number of aryl methyl sites for hydroxylation is 1. The zero-order valence-corrected chi connectivity index (χ0v) is 13.3. The highest BCUT2D eigenvalue weighted by Crippen LogP contribution is 2.30. The van der Waals surface area contributed by atoms with Crippen LogP contribution in [-0.2, 0) is 0 Å². The summed E-state index contributed by atoms with van der Waals surface area (Å²) in [7, 11) is 0. The van der Waals surface area contributed by atoms with Crippen LogP contribution in [0.5, 0.6) is 0 Å². The minimum Gasteiger partial charge on any atom is -0.367 e. The number of thiazole rings is 1. The monoisotopic (exact) mass is 343 g/mol. The predicted octanol–water partition coefficient (Wildman–Crippen LogP) is 4.21. The molecule has 2 heterocycles. The number of rotatable bonds is 4. The molecule has 7 heteroatoms. The number of nitriles is 1. The molecule has 0 aliphatic heterocycles. The van der Waals surface area contributed by atoms with Crippen molar-refractivity contribution in [3.8, 4) is 17.3 Å². The Morgan fingerprint density at radius 2 is 2.17 bits per heavy atom. The SMILES string of the molecule is Cc1c[nH]cc1C(=O)C(C#N)c1nc(-c2cc(F)ccc2F)cs1. The Balaban J connectivity index is 1.97. The van der Waals surface area contributed by atoms with Gasteiger partial charge in [-0.05, 0) is 30.7 Å². The van der Waals surface area contributed by atoms with Crippen molar-refractivity contribution >= 4 is 17.1 Å². The summed E-state index contributed by atoms with van der Waals surface area (Å²) < 4.78 is 27.2. The number of Topliss-reactive ketones (excluding diaryl/α,β-unsaturated/α-hetero) is 1. The third kappa shape index (κ3) is 2.84. The highest BCUT2D eigenvalue weighted by atomic mass is 32.1. The van der Waals surface area contributed by atoms with Crippen molar-refractivity contribution in [1.29, 1.82) is 5.26 Å². The first-order valence-electron chi connectivity index (χ1n) is 6.99. The van der Waals surface area contributed by atoms with E-state index in [1.54, 1.807) is 13.1 Å². The van der Waals surface area contributed by atoms with Crippen molar-refractivity contribution in [3.63, 3.8) is 0 Å². The van der Waals surface area contributed by atoms with Crippen molar-refractivity contribution in [2.75, 3.05) is 0 Å². The Bertz CT molecular complexity index is 955. The van der Waals surface area contributed by atoms with E-state index in [0.29, 0.717) is 5.56 Å². The average Bonchev–Trinajstić information content (AvgIpc) is 3.19. The van der Waals surface area contributed by atoms with Crippen LogP contribution in [0, 0.1) is 29.9 Å². The maximum absolute atomic E-state index is 13.8. The number of nitrogens with one attached hydrogen (secondary N) is 1. The molecule has 0 spiro atoms. The molecule has 1 N–H and O–H groups in total. The molecule has 4 nitrogen and oxygen atoms in total. The lowest BCUT2D eigenvalue weighted by atomic mass is 9.99. The molecule has 3 aromatic rings. The molecule has 0 aliphatic carbocycles. The lowest BCUT2D eigenvalue weighted by Crippen LogP contribution is -2.11. The molecule has 0 fully saturated rings. The highest BCUT2D eigenvalue weighted by Gasteiger charge is 2.27. The van der Waals surface area contributed by atoms with E-state index in [9.17, 15) is 18.8 Å². The molecule has 0 saturated carbocycles. The predicted molar refractivity (Wildman–Crippen MR) is 85.7 cm³/mol. The average molecular weight is 343 g/mol. The summed E-state index contributed by atoms with van der Waals surface area (Å²) >= 11 is 1.07. The Hall–Kier alpha value is -2.85. The number of benzene rings is 1. The lowest BCUT2D eigenvalue weighted by Gasteiger charge is -2.04. The molecule has 2 aromatic heterocycles. The zero-order valence-electron chi connectivity index (χ0n) is 12.5. The first-order valence-corrected chi connectivity index (χ1v) is 7.87. The number of aromatic amines is 1. The molecule has 24 heavy (non-hydrogen) atoms. The lowest BCUT2D eigenvalue weighted by molar-refractivity contribution is 0.0978. The van der Waals surface area contributed by atoms with Crippen molar-refractivity contribution < 1.29 is 13.6 Å². The number of halogens is 2. The third-order valence-electron chi connectivity index (χ3n) is 3.58. The molecule has 120 valence electrons. The van der Waals surface area contributed by atoms with Crippen LogP contribution in [0.3, 0.4) is 0 Å². The summed E-state index contributed by atoms with van der Waals surface area (Å²) in [5, 5.41) is 11.1. The summed E-state index contributed by atoms with van der Waals surface area (Å²) in [6.07, 6.45) is 3.19. The Morgan fingerprint density at radius 1 is 1.38 bits per heavy atom. The Morgan fingerprint density at radius 3 is 2.83 bits per heavy atom. The first-order chi connectivity index (χ1) is 11.5. The summed E-state index contributed by atoms with van der Waals surface area (Å²) in [5.74, 6) is -2.67. The van der Waals surface area contributed by atoms with Gasteiger partial charge < -0.3 is 4.98 Å². The van der Waals surface area contributed by atoms with Gasteiger partial charge >= 0.3 is 0 Å². The second-order valence-electron chi connectivity index (χ2n) is 5.17. The number of ketones is 1. The van der Waals surface area contributed by atoms with Crippen LogP contribution >= 0.6 is 11.3 Å². The molecule has 1 atom stereocenters. The Kier molecular flexibility index (Phi) is 4.23. The van der Waals surface area contributed by atoms with Crippen LogP contribution in [0.25, 0.3) is 11.3 Å². The van der Waals surface area contributed by atoms with Gasteiger partial charge in [0.1, 0.15) is 16.6 Å². The van der Waals surface area contributed by atoms with E-state index in [0.717, 1.165) is 35.1 Å². The summed E-state index contributed by atoms with van der Waals surface area (Å²) in [4.78, 5) is 19.5. The van der Waals surface area contributed by atoms with Gasteiger partial charge in [0.05, 0.1) is 11.8 Å². The van der Waals surface area contributed by atoms with E-state index in [-0.39, 0.29) is 22.0 Å². The van der Waals surface area contributed by atoms with Crippen molar-refractivity contribution in [2.45, 2.75) is 12.8 Å². The van der Waals surface area contributed by atoms with Gasteiger partial charge in [-0.15, -0.1) is 11.3 Å². The number of hydrogen-bond donors (Lipinski definition) is 1. The largest absolute Gasteiger partial charge is 0.367 e. The van der Waals surface area contributed by atoms with Crippen molar-refractivity contribution in [2.24, 2.45) is 0 Å². The fourth-order valence-electron chi connectivity index (χ4n) is 2.33. The Labute approximate surface area is 140 Å². The van der Waals surface area contributed by atoms with E-state index >= 15 is 0 Å². The topological polar surface area (TPSA) is 69.5 Å². The fraction of sp³-hybridized carbons (Fsp3) is 0.118. The van der Waals surface area contributed by atoms with Gasteiger partial charge in [-0.3, -0.25) is 4.79 Å². The highest BCUT2D eigenvalue weighted by molar-refractivity contribution is 7.10. The summed E-state index contributed by atoms with van der Waals surface area (Å²) in [5.41, 5.74) is 1.34. The first kappa shape index (κ1) is 16.0. The molecular weight excluding hydrogens is 332 g/mol. The van der Waals surface area contributed by atoms with Gasteiger partial charge in [-0.2, -0.15) is 5.26 Å². The normalized spacial score (nSPS) is 11.9. The van der Waals surface area contributed by atoms with Gasteiger partial charge in [0.2, 0.25) is 0 Å². The van der Waals surface area contributed by atoms with Gasteiger partial charge in [0.15, 0.2) is 11.7 Å². The second-order valence-corrected chi connectivity index (χ2v) is 6.06. The maximum atomic E-state index is 13.8. The third-order valence-corrected chi connectivity index (χ3v) is 4.49. The van der Waals surface area contributed by atoms with Gasteiger partial charge in [-0.25, -0.2) is 13.8 Å². The molecule has 3 rings (SSSR count). The van der Waals surface area contributed by atoms with Gasteiger partial charge in [0, 0.05) is 28.9 Å². The molecule has 1 aromatic carbocycles. The summed E-state index contributed by atoms with van der Waals surface area (Å²) in [6, 6.07) is 5.01. The van der Waals surface area contributed by atoms with Crippen LogP contribution in [-0.4, -0.2) is 15.8 Å². The van der Waals surface area contributed by atoms with Crippen LogP contribution in [0.4, 0.5) is 8.78 Å². The summed E-state index contributed by atoms with van der Waals surface area (Å²) in [6.45, 7) is 1.76. The minimum atomic E-state index is -1.09. The van der Waals surface area contributed by atoms with Gasteiger partial charge in [-0.1, -0.05) is 0 Å². The minimum absolute atomic E-state index is 0.000497. The van der Waals surface area contributed by atoms with E-state index in [1.807, 2.05) is 6.07 Å². The van der Waals surface area contributed by atoms with Crippen LogP contribution in [0.2, 0.25) is 0 Å². The number of carbonyl (C=O) groups excluding carboxylic acids is 1. The zero-order chi connectivity index (χ0) is 17.3. The number of aromatic nitrogens is 2. The van der Waals surface area contributed by atoms with E-state index in [4.69, 9.17) is 0 Å². The maximum Gasteiger partial charge on any atom is 0.188 e. The fourth-order valence-corrected chi connectivity index (χ4v) is 3.19. The standard InChI is InChI=1S/C17H11F2N3OS/c1-9-6-21-7-13(9)16(23)12(5-20)17-22-15(8-24-17)11-4-10(18)2-3-14(11)19/h2-4,6-8,12,21H,1H3. The van der Waals surface area contributed by atoms with E-state index in [1.165, 1.54) is 11.6 Å². The number of carbonyl (C=O) groups is 1. The van der Waals surface area contributed by atoms with Gasteiger partial charge in [0.25, 0.3) is 0 Å². The number of H-pyrrole nitrogens is 1. The molecule has 0 amide bonds. The molecule has 1 unspecified atom stereocenters. The molecule has 0 radical (unpaired) electrons. The smallest absolute Gasteiger partial charge is 0.188 e. The quantitative estimate of drug-likeness (QED) is 0.721. The molecule has 0 saturated heterocycles. The van der Waals surface area contributed by atoms with Crippen molar-refractivity contribution in [1.82, 2.24) is 9.97 Å². The van der Waals surface area contributed by atoms with Crippen molar-refractivity contribution in [3.05, 3.63) is 63.7 Å². The molecular formula is C17H11F2N3OS. The number of nitrogens with zero attached hydrogens (tertiary/aromatic N) is 2. The van der Waals surface area contributed by atoms with E-state index < -0.39 is 17.6 Å². The van der Waals surface area contributed by atoms with E-state index in [2.05, 4.69) is 9.97 Å². The number of hydrogen-bond acceptors (Lipinski definition) is 4. The molecule has 0 aliphatic rings.